The van der Waals surface area contributed by atoms with Crippen LogP contribution in [0, 0.1) is 5.92 Å². The molecular formula is C26H39NO5. The van der Waals surface area contributed by atoms with Crippen molar-refractivity contribution in [2.75, 3.05) is 26.3 Å². The van der Waals surface area contributed by atoms with Crippen LogP contribution in [0.4, 0.5) is 0 Å². The molecule has 2 rings (SSSR count). The summed E-state index contributed by atoms with van der Waals surface area (Å²) in [5, 5.41) is 41.2. The lowest BCUT2D eigenvalue weighted by molar-refractivity contribution is 0.0680. The Hall–Kier alpha value is -2.31. The number of carbonyl (C=O) groups is 1. The van der Waals surface area contributed by atoms with E-state index in [0.717, 1.165) is 37.7 Å². The Morgan fingerprint density at radius 2 is 1.84 bits per heavy atom. The Kier molecular flexibility index (Phi) is 9.79. The molecule has 32 heavy (non-hydrogen) atoms. The summed E-state index contributed by atoms with van der Waals surface area (Å²) >= 11 is 0. The highest BCUT2D eigenvalue weighted by Crippen LogP contribution is 2.48. The van der Waals surface area contributed by atoms with E-state index in [4.69, 9.17) is 0 Å². The molecule has 2 unspecified atom stereocenters. The fraction of sp³-hybridized carbons (Fsp3) is 0.577. The average molecular weight is 446 g/mol. The second-order valence-electron chi connectivity index (χ2n) is 8.92. The van der Waals surface area contributed by atoms with Crippen molar-refractivity contribution in [3.8, 4) is 11.5 Å². The zero-order chi connectivity index (χ0) is 23.8. The minimum absolute atomic E-state index is 0.0105. The van der Waals surface area contributed by atoms with Crippen LogP contribution in [0.25, 0.3) is 0 Å². The van der Waals surface area contributed by atoms with E-state index in [1.165, 1.54) is 10.5 Å². The van der Waals surface area contributed by atoms with Gasteiger partial charge < -0.3 is 25.3 Å². The highest BCUT2D eigenvalue weighted by molar-refractivity contribution is 5.99. The number of aryl methyl sites for hydroxylation is 1. The molecule has 0 spiro atoms. The van der Waals surface area contributed by atoms with Gasteiger partial charge >= 0.3 is 0 Å². The van der Waals surface area contributed by atoms with Gasteiger partial charge in [0.2, 0.25) is 0 Å². The van der Waals surface area contributed by atoms with Gasteiger partial charge in [-0.3, -0.25) is 4.79 Å². The lowest BCUT2D eigenvalue weighted by Gasteiger charge is -2.32. The predicted octanol–water partition coefficient (Wildman–Crippen LogP) is 4.27. The summed E-state index contributed by atoms with van der Waals surface area (Å²) < 4.78 is 0. The lowest BCUT2D eigenvalue weighted by Crippen LogP contribution is -2.36. The van der Waals surface area contributed by atoms with Crippen LogP contribution in [0.2, 0.25) is 0 Å². The number of nitrogens with zero attached hydrogens (tertiary/aromatic N) is 1. The van der Waals surface area contributed by atoms with Gasteiger partial charge in [0.1, 0.15) is 11.5 Å². The van der Waals surface area contributed by atoms with Gasteiger partial charge in [-0.25, -0.2) is 0 Å². The topological polar surface area (TPSA) is 101 Å². The SMILES string of the molecule is C=C(C)C1CCC(C)=CC1c1c(O)cc(CCCCC)c(C(=O)N(CCO)CCO)c1O. The third-order valence-corrected chi connectivity index (χ3v) is 6.40. The normalized spacial score (nSPS) is 18.3. The molecule has 4 N–H and O–H groups in total. The van der Waals surface area contributed by atoms with E-state index in [9.17, 15) is 25.2 Å². The number of unbranched alkanes of at least 4 members (excludes halogenated alkanes) is 2. The maximum Gasteiger partial charge on any atom is 0.258 e. The van der Waals surface area contributed by atoms with E-state index in [0.29, 0.717) is 17.5 Å². The molecule has 0 aliphatic heterocycles. The van der Waals surface area contributed by atoms with Gasteiger partial charge in [-0.1, -0.05) is 43.6 Å². The highest BCUT2D eigenvalue weighted by Gasteiger charge is 2.34. The molecule has 6 heteroatoms. The predicted molar refractivity (Wildman–Crippen MR) is 127 cm³/mol. The van der Waals surface area contributed by atoms with Crippen molar-refractivity contribution in [2.45, 2.75) is 65.2 Å². The summed E-state index contributed by atoms with van der Waals surface area (Å²) in [5.41, 5.74) is 3.25. The molecule has 6 nitrogen and oxygen atoms in total. The molecule has 1 aliphatic rings. The number of rotatable bonds is 11. The Morgan fingerprint density at radius 3 is 2.41 bits per heavy atom. The summed E-state index contributed by atoms with van der Waals surface area (Å²) in [4.78, 5) is 14.8. The summed E-state index contributed by atoms with van der Waals surface area (Å²) in [5.74, 6) is -0.882. The van der Waals surface area contributed by atoms with Gasteiger partial charge in [0, 0.05) is 24.6 Å². The van der Waals surface area contributed by atoms with Gasteiger partial charge in [-0.2, -0.15) is 0 Å². The first-order valence-corrected chi connectivity index (χ1v) is 11.7. The first-order chi connectivity index (χ1) is 15.3. The van der Waals surface area contributed by atoms with Gasteiger partial charge in [-0.05, 0) is 57.1 Å². The molecule has 0 bridgehead atoms. The quantitative estimate of drug-likeness (QED) is 0.301. The minimum atomic E-state index is -0.443. The molecule has 1 aromatic carbocycles. The van der Waals surface area contributed by atoms with E-state index >= 15 is 0 Å². The Bertz CT molecular complexity index is 839. The van der Waals surface area contributed by atoms with E-state index in [-0.39, 0.29) is 55.2 Å². The van der Waals surface area contributed by atoms with E-state index in [1.54, 1.807) is 6.07 Å². The fourth-order valence-corrected chi connectivity index (χ4v) is 4.67. The number of aliphatic hydroxyl groups is 2. The average Bonchev–Trinajstić information content (AvgIpc) is 2.73. The number of hydrogen-bond donors (Lipinski definition) is 4. The van der Waals surface area contributed by atoms with Crippen LogP contribution in [0.3, 0.4) is 0 Å². The lowest BCUT2D eigenvalue weighted by atomic mass is 9.73. The third-order valence-electron chi connectivity index (χ3n) is 6.40. The van der Waals surface area contributed by atoms with Crippen LogP contribution >= 0.6 is 0 Å². The summed E-state index contributed by atoms with van der Waals surface area (Å²) in [6.07, 6.45) is 7.20. The van der Waals surface area contributed by atoms with Crippen molar-refractivity contribution >= 4 is 5.91 Å². The van der Waals surface area contributed by atoms with Crippen molar-refractivity contribution in [1.29, 1.82) is 0 Å². The molecule has 2 atom stereocenters. The van der Waals surface area contributed by atoms with Crippen molar-refractivity contribution in [3.63, 3.8) is 0 Å². The van der Waals surface area contributed by atoms with Crippen LogP contribution in [0.1, 0.15) is 80.3 Å². The molecule has 0 radical (unpaired) electrons. The first kappa shape index (κ1) is 25.9. The van der Waals surface area contributed by atoms with Crippen LogP contribution < -0.4 is 0 Å². The maximum atomic E-state index is 13.5. The van der Waals surface area contributed by atoms with Crippen molar-refractivity contribution in [2.24, 2.45) is 5.92 Å². The Labute approximate surface area is 191 Å². The summed E-state index contributed by atoms with van der Waals surface area (Å²) in [7, 11) is 0. The minimum Gasteiger partial charge on any atom is -0.507 e. The number of aliphatic hydroxyl groups excluding tert-OH is 2. The molecule has 1 aliphatic carbocycles. The van der Waals surface area contributed by atoms with Crippen LogP contribution in [-0.2, 0) is 6.42 Å². The van der Waals surface area contributed by atoms with Crippen LogP contribution in [0.5, 0.6) is 11.5 Å². The molecule has 1 amide bonds. The van der Waals surface area contributed by atoms with E-state index < -0.39 is 5.91 Å². The smallest absolute Gasteiger partial charge is 0.258 e. The second kappa shape index (κ2) is 12.1. The molecule has 0 saturated carbocycles. The van der Waals surface area contributed by atoms with Crippen LogP contribution in [0.15, 0.2) is 29.9 Å². The molecule has 1 aromatic rings. The van der Waals surface area contributed by atoms with Gasteiger partial charge in [0.05, 0.1) is 18.8 Å². The van der Waals surface area contributed by atoms with Crippen molar-refractivity contribution in [1.82, 2.24) is 4.90 Å². The largest absolute Gasteiger partial charge is 0.507 e. The number of phenols is 2. The number of hydrogen-bond acceptors (Lipinski definition) is 5. The molecular weight excluding hydrogens is 406 g/mol. The zero-order valence-corrected chi connectivity index (χ0v) is 19.7. The molecule has 0 heterocycles. The highest BCUT2D eigenvalue weighted by atomic mass is 16.3. The Morgan fingerprint density at radius 1 is 1.19 bits per heavy atom. The molecule has 0 fully saturated rings. The molecule has 178 valence electrons. The van der Waals surface area contributed by atoms with Gasteiger partial charge in [-0.15, -0.1) is 0 Å². The Balaban J connectivity index is 2.66. The maximum absolute atomic E-state index is 13.5. The third kappa shape index (κ3) is 5.93. The molecule has 0 saturated heterocycles. The van der Waals surface area contributed by atoms with Gasteiger partial charge in [0.15, 0.2) is 0 Å². The van der Waals surface area contributed by atoms with Crippen LogP contribution in [-0.4, -0.2) is 57.5 Å². The standard InChI is InChI=1S/C26H39NO5/c1-5-6-7-8-19-16-22(30)24(21-15-18(4)9-10-20(21)17(2)3)25(31)23(19)26(32)27(11-13-28)12-14-29/h15-16,20-21,28-31H,2,5-14H2,1,3-4H3. The zero-order valence-electron chi connectivity index (χ0n) is 19.7. The number of carbonyl (C=O) groups excluding carboxylic acids is 1. The molecule has 0 aromatic heterocycles. The number of allylic oxidation sites excluding steroid dienone is 3. The number of benzene rings is 1. The summed E-state index contributed by atoms with van der Waals surface area (Å²) in [6.45, 7) is 9.81. The van der Waals surface area contributed by atoms with Crippen molar-refractivity contribution in [3.05, 3.63) is 46.6 Å². The number of phenolic OH excluding ortho intramolecular Hbond substituents is 2. The monoisotopic (exact) mass is 445 g/mol. The summed E-state index contributed by atoms with van der Waals surface area (Å²) in [6, 6.07) is 1.61. The van der Waals surface area contributed by atoms with E-state index in [2.05, 4.69) is 19.6 Å². The van der Waals surface area contributed by atoms with Crippen molar-refractivity contribution < 1.29 is 25.2 Å². The first-order valence-electron chi connectivity index (χ1n) is 11.7. The second-order valence-corrected chi connectivity index (χ2v) is 8.92. The number of aromatic hydroxyl groups is 2. The number of amides is 1. The van der Waals surface area contributed by atoms with Gasteiger partial charge in [0.25, 0.3) is 5.91 Å². The fourth-order valence-electron chi connectivity index (χ4n) is 4.67. The van der Waals surface area contributed by atoms with E-state index in [1.807, 2.05) is 13.8 Å².